The molecule has 0 amide bonds. The maximum absolute atomic E-state index is 11.6. The molecular weight excluding hydrogens is 258 g/mol. The van der Waals surface area contributed by atoms with Crippen molar-refractivity contribution in [2.75, 3.05) is 24.2 Å². The van der Waals surface area contributed by atoms with Gasteiger partial charge in [0.1, 0.15) is 0 Å². The second-order valence-electron chi connectivity index (χ2n) is 3.77. The van der Waals surface area contributed by atoms with Crippen molar-refractivity contribution in [2.45, 2.75) is 6.92 Å². The lowest BCUT2D eigenvalue weighted by atomic mass is 10.1. The molecule has 1 rings (SSSR count). The molecule has 7 heteroatoms. The van der Waals surface area contributed by atoms with Crippen LogP contribution in [0, 0.1) is 6.92 Å². The molecule has 2 N–H and O–H groups in total. The quantitative estimate of drug-likeness (QED) is 0.809. The molecule has 0 heterocycles. The van der Waals surface area contributed by atoms with Gasteiger partial charge < -0.3 is 9.84 Å². The molecule has 0 aliphatic rings. The number of carboxylic acid groups (broad SMARTS) is 1. The Morgan fingerprint density at radius 2 is 2.11 bits per heavy atom. The second-order valence-corrected chi connectivity index (χ2v) is 5.61. The number of sulfonamides is 1. The smallest absolute Gasteiger partial charge is 0.337 e. The van der Waals surface area contributed by atoms with E-state index >= 15 is 0 Å². The predicted molar refractivity (Wildman–Crippen MR) is 67.4 cm³/mol. The summed E-state index contributed by atoms with van der Waals surface area (Å²) in [6, 6.07) is 4.49. The molecule has 18 heavy (non-hydrogen) atoms. The zero-order chi connectivity index (χ0) is 13.8. The number of carbonyl (C=O) groups is 1. The van der Waals surface area contributed by atoms with Gasteiger partial charge >= 0.3 is 5.97 Å². The molecule has 0 aromatic heterocycles. The topological polar surface area (TPSA) is 92.7 Å². The first-order valence-corrected chi connectivity index (χ1v) is 6.84. The molecule has 1 aromatic rings. The van der Waals surface area contributed by atoms with Crippen LogP contribution in [0.5, 0.6) is 0 Å². The predicted octanol–water partition coefficient (Wildman–Crippen LogP) is 1.08. The van der Waals surface area contributed by atoms with Crippen molar-refractivity contribution in [3.63, 3.8) is 0 Å². The van der Waals surface area contributed by atoms with E-state index in [1.54, 1.807) is 13.0 Å². The minimum atomic E-state index is -3.60. The molecule has 0 bridgehead atoms. The number of anilines is 1. The average molecular weight is 273 g/mol. The third-order valence-electron chi connectivity index (χ3n) is 2.23. The first-order valence-electron chi connectivity index (χ1n) is 5.19. The lowest BCUT2D eigenvalue weighted by Gasteiger charge is -2.10. The van der Waals surface area contributed by atoms with Crippen LogP contribution in [0.1, 0.15) is 15.9 Å². The molecule has 6 nitrogen and oxygen atoms in total. The van der Waals surface area contributed by atoms with E-state index in [-0.39, 0.29) is 23.6 Å². The Labute approximate surface area is 106 Å². The Bertz CT molecular complexity index is 538. The van der Waals surface area contributed by atoms with Crippen molar-refractivity contribution in [1.29, 1.82) is 0 Å². The van der Waals surface area contributed by atoms with Gasteiger partial charge in [0.05, 0.1) is 23.6 Å². The number of benzene rings is 1. The lowest BCUT2D eigenvalue weighted by molar-refractivity contribution is 0.0698. The molecule has 0 saturated heterocycles. The van der Waals surface area contributed by atoms with Crippen molar-refractivity contribution in [1.82, 2.24) is 0 Å². The lowest BCUT2D eigenvalue weighted by Crippen LogP contribution is -2.21. The van der Waals surface area contributed by atoms with Gasteiger partial charge in [0.25, 0.3) is 0 Å². The van der Waals surface area contributed by atoms with E-state index in [9.17, 15) is 13.2 Å². The van der Waals surface area contributed by atoms with Gasteiger partial charge in [0, 0.05) is 7.11 Å². The van der Waals surface area contributed by atoms with Crippen molar-refractivity contribution in [2.24, 2.45) is 0 Å². The van der Waals surface area contributed by atoms with Gasteiger partial charge in [-0.15, -0.1) is 0 Å². The monoisotopic (exact) mass is 273 g/mol. The number of hydrogen-bond donors (Lipinski definition) is 2. The van der Waals surface area contributed by atoms with Crippen molar-refractivity contribution in [3.05, 3.63) is 29.3 Å². The van der Waals surface area contributed by atoms with E-state index in [4.69, 9.17) is 5.11 Å². The number of methoxy groups -OCH3 is 1. The summed E-state index contributed by atoms with van der Waals surface area (Å²) < 4.78 is 30.2. The largest absolute Gasteiger partial charge is 0.478 e. The van der Waals surface area contributed by atoms with Crippen molar-refractivity contribution >= 4 is 21.7 Å². The number of hydrogen-bond acceptors (Lipinski definition) is 4. The Balaban J connectivity index is 3.01. The van der Waals surface area contributed by atoms with Gasteiger partial charge in [0.15, 0.2) is 0 Å². The van der Waals surface area contributed by atoms with Crippen LogP contribution < -0.4 is 4.72 Å². The Hall–Kier alpha value is -1.60. The van der Waals surface area contributed by atoms with Crippen molar-refractivity contribution < 1.29 is 23.1 Å². The first kappa shape index (κ1) is 14.5. The van der Waals surface area contributed by atoms with E-state index in [1.165, 1.54) is 19.2 Å². The maximum atomic E-state index is 11.6. The zero-order valence-electron chi connectivity index (χ0n) is 10.1. The number of carboxylic acids is 1. The molecule has 0 spiro atoms. The highest BCUT2D eigenvalue weighted by atomic mass is 32.2. The molecule has 100 valence electrons. The van der Waals surface area contributed by atoms with Gasteiger partial charge in [-0.2, -0.15) is 0 Å². The zero-order valence-corrected chi connectivity index (χ0v) is 11.0. The first-order chi connectivity index (χ1) is 8.35. The van der Waals surface area contributed by atoms with E-state index in [0.29, 0.717) is 0 Å². The highest BCUT2D eigenvalue weighted by Gasteiger charge is 2.16. The van der Waals surface area contributed by atoms with Crippen molar-refractivity contribution in [3.8, 4) is 0 Å². The SMILES string of the molecule is COCCS(=O)(=O)Nc1ccc(C)cc1C(=O)O. The third kappa shape index (κ3) is 4.01. The Kier molecular flexibility index (Phi) is 4.69. The number of aryl methyl sites for hydroxylation is 1. The maximum Gasteiger partial charge on any atom is 0.337 e. The van der Waals surface area contributed by atoms with Gasteiger partial charge in [-0.1, -0.05) is 11.6 Å². The number of aromatic carboxylic acids is 1. The van der Waals surface area contributed by atoms with Crippen LogP contribution in [0.2, 0.25) is 0 Å². The fraction of sp³-hybridized carbons (Fsp3) is 0.364. The van der Waals surface area contributed by atoms with Crippen LogP contribution >= 0.6 is 0 Å². The average Bonchev–Trinajstić information content (AvgIpc) is 2.28. The fourth-order valence-electron chi connectivity index (χ4n) is 1.34. The molecular formula is C11H15NO5S. The number of ether oxygens (including phenoxy) is 1. The Morgan fingerprint density at radius 3 is 2.67 bits per heavy atom. The molecule has 1 aromatic carbocycles. The molecule has 0 saturated carbocycles. The molecule has 0 aliphatic carbocycles. The summed E-state index contributed by atoms with van der Waals surface area (Å²) in [5.74, 6) is -1.40. The van der Waals surface area contributed by atoms with Crippen LogP contribution in [0.25, 0.3) is 0 Å². The minimum Gasteiger partial charge on any atom is -0.478 e. The summed E-state index contributed by atoms with van der Waals surface area (Å²) in [6.45, 7) is 1.78. The van der Waals surface area contributed by atoms with Gasteiger partial charge in [0.2, 0.25) is 10.0 Å². The summed E-state index contributed by atoms with van der Waals surface area (Å²) in [4.78, 5) is 11.0. The van der Waals surface area contributed by atoms with Crippen LogP contribution in [-0.2, 0) is 14.8 Å². The minimum absolute atomic E-state index is 0.0452. The van der Waals surface area contributed by atoms with Crippen LogP contribution in [0.4, 0.5) is 5.69 Å². The normalized spacial score (nSPS) is 11.2. The summed E-state index contributed by atoms with van der Waals surface area (Å²) >= 11 is 0. The van der Waals surface area contributed by atoms with Crippen LogP contribution in [-0.4, -0.2) is 39.0 Å². The van der Waals surface area contributed by atoms with E-state index in [2.05, 4.69) is 9.46 Å². The third-order valence-corrected chi connectivity index (χ3v) is 3.46. The standard InChI is InChI=1S/C11H15NO5S/c1-8-3-4-10(9(7-8)11(13)14)12-18(15,16)6-5-17-2/h3-4,7,12H,5-6H2,1-2H3,(H,13,14). The molecule has 0 atom stereocenters. The summed E-state index contributed by atoms with van der Waals surface area (Å²) in [7, 11) is -2.21. The summed E-state index contributed by atoms with van der Waals surface area (Å²) in [5.41, 5.74) is 0.729. The highest BCUT2D eigenvalue weighted by molar-refractivity contribution is 7.92. The van der Waals surface area contributed by atoms with Gasteiger partial charge in [-0.25, -0.2) is 13.2 Å². The van der Waals surface area contributed by atoms with E-state index in [1.807, 2.05) is 0 Å². The fourth-order valence-corrected chi connectivity index (χ4v) is 2.34. The number of rotatable bonds is 6. The van der Waals surface area contributed by atoms with E-state index < -0.39 is 16.0 Å². The number of nitrogens with one attached hydrogen (secondary N) is 1. The second kappa shape index (κ2) is 5.83. The molecule has 0 aliphatic heterocycles. The van der Waals surface area contributed by atoms with Crippen LogP contribution in [0.15, 0.2) is 18.2 Å². The molecule has 0 unspecified atom stereocenters. The Morgan fingerprint density at radius 1 is 1.44 bits per heavy atom. The molecule has 0 fully saturated rings. The molecule has 0 radical (unpaired) electrons. The summed E-state index contributed by atoms with van der Waals surface area (Å²) in [6.07, 6.45) is 0. The van der Waals surface area contributed by atoms with E-state index in [0.717, 1.165) is 5.56 Å². The highest BCUT2D eigenvalue weighted by Crippen LogP contribution is 2.18. The summed E-state index contributed by atoms with van der Waals surface area (Å²) in [5, 5.41) is 9.00. The van der Waals surface area contributed by atoms with Crippen LogP contribution in [0.3, 0.4) is 0 Å². The van der Waals surface area contributed by atoms with Gasteiger partial charge in [-0.05, 0) is 19.1 Å². The van der Waals surface area contributed by atoms with Gasteiger partial charge in [-0.3, -0.25) is 4.72 Å².